The lowest BCUT2D eigenvalue weighted by atomic mass is 9.96. The highest BCUT2D eigenvalue weighted by Crippen LogP contribution is 2.41. The van der Waals surface area contributed by atoms with E-state index in [1.54, 1.807) is 18.3 Å². The molecular weight excluding hydrogens is 473 g/mol. The van der Waals surface area contributed by atoms with Crippen molar-refractivity contribution in [3.05, 3.63) is 114 Å². The Labute approximate surface area is 214 Å². The van der Waals surface area contributed by atoms with E-state index in [1.165, 1.54) is 6.07 Å². The molecule has 1 saturated heterocycles. The van der Waals surface area contributed by atoms with Gasteiger partial charge in [0.2, 0.25) is 5.91 Å². The quantitative estimate of drug-likeness (QED) is 0.355. The van der Waals surface area contributed by atoms with E-state index < -0.39 is 0 Å². The number of amides is 1. The van der Waals surface area contributed by atoms with Gasteiger partial charge in [-0.25, -0.2) is 4.39 Å². The Morgan fingerprint density at radius 2 is 1.78 bits per heavy atom. The lowest BCUT2D eigenvalue weighted by Gasteiger charge is -2.27. The maximum absolute atomic E-state index is 14.8. The summed E-state index contributed by atoms with van der Waals surface area (Å²) in [6.45, 7) is 3.97. The van der Waals surface area contributed by atoms with E-state index in [1.807, 2.05) is 84.0 Å². The van der Waals surface area contributed by atoms with Crippen molar-refractivity contribution in [3.63, 3.8) is 0 Å². The first-order valence-corrected chi connectivity index (χ1v) is 12.1. The first-order valence-electron chi connectivity index (χ1n) is 11.7. The Bertz CT molecular complexity index is 1410. The number of aryl methyl sites for hydroxylation is 1. The number of aromatic nitrogens is 2. The van der Waals surface area contributed by atoms with Crippen LogP contribution in [-0.2, 0) is 4.79 Å². The molecule has 6 nitrogen and oxygen atoms in total. The third-order valence-corrected chi connectivity index (χ3v) is 6.80. The van der Waals surface area contributed by atoms with E-state index in [0.717, 1.165) is 28.3 Å². The van der Waals surface area contributed by atoms with Gasteiger partial charge in [-0.3, -0.25) is 9.78 Å². The molecule has 3 heterocycles. The smallest absolute Gasteiger partial charge is 0.244 e. The number of anilines is 1. The number of carbonyl (C=O) groups excluding carboxylic acids is 1. The van der Waals surface area contributed by atoms with Crippen LogP contribution in [0.3, 0.4) is 0 Å². The summed E-state index contributed by atoms with van der Waals surface area (Å²) in [7, 11) is 0. The second-order valence-corrected chi connectivity index (χ2v) is 9.17. The molecule has 2 atom stereocenters. The number of halogens is 1. The average molecular weight is 500 g/mol. The minimum atomic E-state index is -0.319. The van der Waals surface area contributed by atoms with Crippen molar-refractivity contribution in [2.24, 2.45) is 0 Å². The first kappa shape index (κ1) is 23.7. The number of hydrogen-bond acceptors (Lipinski definition) is 3. The molecule has 1 amide bonds. The lowest BCUT2D eigenvalue weighted by Crippen LogP contribution is -2.37. The molecule has 0 radical (unpaired) electrons. The summed E-state index contributed by atoms with van der Waals surface area (Å²) in [6.07, 6.45) is 1.74. The summed E-state index contributed by atoms with van der Waals surface area (Å²) < 4.78 is 16.7. The summed E-state index contributed by atoms with van der Waals surface area (Å²) in [5, 5.41) is 6.79. The predicted octanol–water partition coefficient (Wildman–Crippen LogP) is 5.24. The van der Waals surface area contributed by atoms with Crippen molar-refractivity contribution in [2.45, 2.75) is 25.9 Å². The Balaban J connectivity index is 1.55. The molecule has 2 N–H and O–H groups in total. The number of pyridine rings is 1. The first-order chi connectivity index (χ1) is 17.4. The predicted molar refractivity (Wildman–Crippen MR) is 142 cm³/mol. The number of benzene rings is 2. The van der Waals surface area contributed by atoms with E-state index in [4.69, 9.17) is 12.2 Å². The van der Waals surface area contributed by atoms with Crippen LogP contribution in [-0.4, -0.2) is 32.0 Å². The maximum atomic E-state index is 14.8. The molecule has 2 aromatic carbocycles. The molecule has 0 unspecified atom stereocenters. The standard InChI is InChI=1S/C28H26FN5OS/c1-18-16-21(19(2)34(18)24-14-7-6-12-22(24)29)27-26(23-13-8-9-15-30-23)32-28(36)33(27)17-25(35)31-20-10-4-3-5-11-20/h3-16,26-27H,17H2,1-2H3,(H,31,35)(H,32,36)/t26-,27+/m0/s1. The molecule has 4 aromatic rings. The molecule has 36 heavy (non-hydrogen) atoms. The van der Waals surface area contributed by atoms with Crippen LogP contribution in [0.4, 0.5) is 10.1 Å². The largest absolute Gasteiger partial charge is 0.352 e. The fraction of sp³-hybridized carbons (Fsp3) is 0.179. The molecule has 1 aliphatic rings. The van der Waals surface area contributed by atoms with E-state index in [0.29, 0.717) is 10.8 Å². The SMILES string of the molecule is Cc1cc([C@@H]2[C@H](c3ccccn3)NC(=S)N2CC(=O)Nc2ccccc2)c(C)n1-c1ccccc1F. The topological polar surface area (TPSA) is 62.2 Å². The lowest BCUT2D eigenvalue weighted by molar-refractivity contribution is -0.116. The van der Waals surface area contributed by atoms with Gasteiger partial charge in [0.1, 0.15) is 12.4 Å². The summed E-state index contributed by atoms with van der Waals surface area (Å²) in [6, 6.07) is 23.2. The van der Waals surface area contributed by atoms with Crippen molar-refractivity contribution in [1.82, 2.24) is 19.8 Å². The van der Waals surface area contributed by atoms with Crippen LogP contribution in [0.2, 0.25) is 0 Å². The summed E-state index contributed by atoms with van der Waals surface area (Å²) in [5.41, 5.74) is 4.73. The van der Waals surface area contributed by atoms with Crippen LogP contribution in [0, 0.1) is 19.7 Å². The second kappa shape index (κ2) is 9.91. The van der Waals surface area contributed by atoms with Crippen LogP contribution < -0.4 is 10.6 Å². The molecule has 182 valence electrons. The zero-order chi connectivity index (χ0) is 25.2. The van der Waals surface area contributed by atoms with Gasteiger partial charge in [0, 0.05) is 23.3 Å². The molecule has 2 aromatic heterocycles. The van der Waals surface area contributed by atoms with Gasteiger partial charge in [0.25, 0.3) is 0 Å². The Morgan fingerprint density at radius 3 is 2.50 bits per heavy atom. The number of para-hydroxylation sites is 2. The third kappa shape index (κ3) is 4.47. The minimum absolute atomic E-state index is 0.0537. The molecule has 8 heteroatoms. The summed E-state index contributed by atoms with van der Waals surface area (Å²) in [4.78, 5) is 19.5. The molecule has 5 rings (SSSR count). The second-order valence-electron chi connectivity index (χ2n) is 8.78. The van der Waals surface area contributed by atoms with Gasteiger partial charge < -0.3 is 20.1 Å². The molecule has 1 aliphatic heterocycles. The van der Waals surface area contributed by atoms with E-state index in [9.17, 15) is 9.18 Å². The van der Waals surface area contributed by atoms with E-state index >= 15 is 0 Å². The molecule has 0 bridgehead atoms. The Hall–Kier alpha value is -4.04. The number of nitrogens with one attached hydrogen (secondary N) is 2. The van der Waals surface area contributed by atoms with Crippen molar-refractivity contribution >= 4 is 28.9 Å². The Morgan fingerprint density at radius 1 is 1.06 bits per heavy atom. The van der Waals surface area contributed by atoms with Crippen LogP contribution in [0.15, 0.2) is 85.1 Å². The van der Waals surface area contributed by atoms with Crippen molar-refractivity contribution < 1.29 is 9.18 Å². The van der Waals surface area contributed by atoms with Crippen LogP contribution >= 0.6 is 12.2 Å². The highest BCUT2D eigenvalue weighted by atomic mass is 32.1. The fourth-order valence-corrected chi connectivity index (χ4v) is 5.19. The number of hydrogen-bond donors (Lipinski definition) is 2. The molecule has 0 spiro atoms. The van der Waals surface area contributed by atoms with Gasteiger partial charge in [-0.05, 0) is 74.1 Å². The van der Waals surface area contributed by atoms with Crippen molar-refractivity contribution in [3.8, 4) is 5.69 Å². The normalized spacial score (nSPS) is 17.2. The highest BCUT2D eigenvalue weighted by molar-refractivity contribution is 7.80. The molecule has 0 aliphatic carbocycles. The summed E-state index contributed by atoms with van der Waals surface area (Å²) >= 11 is 5.72. The number of nitrogens with zero attached hydrogens (tertiary/aromatic N) is 3. The summed E-state index contributed by atoms with van der Waals surface area (Å²) in [5.74, 6) is -0.480. The van der Waals surface area contributed by atoms with Gasteiger partial charge in [-0.15, -0.1) is 0 Å². The zero-order valence-corrected chi connectivity index (χ0v) is 20.8. The molecular formula is C28H26FN5OS. The number of carbonyl (C=O) groups is 1. The average Bonchev–Trinajstić information content (AvgIpc) is 3.35. The minimum Gasteiger partial charge on any atom is -0.352 e. The van der Waals surface area contributed by atoms with E-state index in [-0.39, 0.29) is 30.4 Å². The molecule has 1 fully saturated rings. The van der Waals surface area contributed by atoms with Gasteiger partial charge in [-0.2, -0.15) is 0 Å². The Kier molecular flexibility index (Phi) is 6.52. The third-order valence-electron chi connectivity index (χ3n) is 6.45. The maximum Gasteiger partial charge on any atom is 0.244 e. The van der Waals surface area contributed by atoms with Gasteiger partial charge >= 0.3 is 0 Å². The fourth-order valence-electron chi connectivity index (χ4n) is 4.88. The van der Waals surface area contributed by atoms with Crippen molar-refractivity contribution in [1.29, 1.82) is 0 Å². The van der Waals surface area contributed by atoms with E-state index in [2.05, 4.69) is 15.6 Å². The van der Waals surface area contributed by atoms with Crippen LogP contribution in [0.1, 0.15) is 34.7 Å². The highest BCUT2D eigenvalue weighted by Gasteiger charge is 2.42. The monoisotopic (exact) mass is 499 g/mol. The van der Waals surface area contributed by atoms with Gasteiger partial charge in [-0.1, -0.05) is 36.4 Å². The van der Waals surface area contributed by atoms with Crippen molar-refractivity contribution in [2.75, 3.05) is 11.9 Å². The van der Waals surface area contributed by atoms with Gasteiger partial charge in [0.15, 0.2) is 5.11 Å². The molecule has 0 saturated carbocycles. The zero-order valence-electron chi connectivity index (χ0n) is 20.0. The van der Waals surface area contributed by atoms with Crippen LogP contribution in [0.5, 0.6) is 0 Å². The van der Waals surface area contributed by atoms with Gasteiger partial charge in [0.05, 0.1) is 23.5 Å². The number of rotatable bonds is 6. The number of thiocarbonyl (C=S) groups is 1. The van der Waals surface area contributed by atoms with Crippen LogP contribution in [0.25, 0.3) is 5.69 Å².